The van der Waals surface area contributed by atoms with Crippen LogP contribution in [-0.2, 0) is 9.09 Å². The third-order valence-corrected chi connectivity index (χ3v) is 7.28. The second kappa shape index (κ2) is 15.5. The Morgan fingerprint density at radius 3 is 2.40 bits per heavy atom. The number of benzene rings is 2. The molecule has 1 amide bonds. The quantitative estimate of drug-likeness (QED) is 0.101. The number of rotatable bonds is 10. The zero-order valence-corrected chi connectivity index (χ0v) is 30.1. The zero-order chi connectivity index (χ0) is 29.1. The number of pyridine rings is 1. The molecule has 0 spiro atoms. The number of anilines is 3. The maximum Gasteiger partial charge on any atom is 1.00 e. The number of amides is 1. The molecule has 42 heavy (non-hydrogen) atoms. The van der Waals surface area contributed by atoms with Gasteiger partial charge in [0.2, 0.25) is 0 Å². The Hall–Kier alpha value is -1.54. The molecule has 15 heteroatoms. The third-order valence-electron chi connectivity index (χ3n) is 5.75. The molecule has 0 aliphatic heterocycles. The van der Waals surface area contributed by atoms with Gasteiger partial charge >= 0.3 is 59.1 Å². The van der Waals surface area contributed by atoms with Crippen LogP contribution in [0, 0.1) is 0 Å². The van der Waals surface area contributed by atoms with Gasteiger partial charge in [-0.1, -0.05) is 25.6 Å². The number of nitrogens with two attached hydrogens (primary N) is 1. The second-order valence-corrected chi connectivity index (χ2v) is 12.3. The van der Waals surface area contributed by atoms with Crippen LogP contribution in [0.1, 0.15) is 49.7 Å². The molecule has 0 atom stereocenters. The van der Waals surface area contributed by atoms with E-state index in [0.717, 1.165) is 15.5 Å². The molecule has 2 aromatic carbocycles. The number of hydrogen-bond donors (Lipinski definition) is 3. The molecule has 0 aliphatic rings. The molecule has 0 unspecified atom stereocenters. The molecular formula is C27H29N6Na2O5PS. The standard InChI is InChI=1S/C27H31N6O5PS.2Na/c1-16(2)21-11-10-20-24(31-21)29-15-30-25(20)32-22-13-17(26(34)33-27(3,4)14-38-39(35,36)37)5-12-23(22)40-19-8-6-18(28)7-9-19;;/h5-13,15-16H,14,28H2,1-4H3,(H,33,34)(H2,35,36,37)(H,29,30,31,32);;/q;2*+1/p-2. The molecular weight excluding hydrogens is 597 g/mol. The summed E-state index contributed by atoms with van der Waals surface area (Å²) < 4.78 is 15.3. The number of nitrogen functional groups attached to an aromatic ring is 1. The fourth-order valence-corrected chi connectivity index (χ4v) is 5.05. The third kappa shape index (κ3) is 10.3. The van der Waals surface area contributed by atoms with Crippen LogP contribution in [0.2, 0.25) is 0 Å². The summed E-state index contributed by atoms with van der Waals surface area (Å²) in [6, 6.07) is 16.4. The van der Waals surface area contributed by atoms with E-state index in [0.29, 0.717) is 33.8 Å². The van der Waals surface area contributed by atoms with Crippen molar-refractivity contribution in [1.82, 2.24) is 20.3 Å². The number of phosphoric acid groups is 1. The summed E-state index contributed by atoms with van der Waals surface area (Å²) in [6.45, 7) is 6.71. The predicted octanol–water partition coefficient (Wildman–Crippen LogP) is -2.01. The first-order chi connectivity index (χ1) is 18.8. The normalized spacial score (nSPS) is 11.5. The minimum Gasteiger partial charge on any atom is -0.790 e. The van der Waals surface area contributed by atoms with Crippen molar-refractivity contribution in [1.29, 1.82) is 0 Å². The summed E-state index contributed by atoms with van der Waals surface area (Å²) >= 11 is 1.47. The van der Waals surface area contributed by atoms with Crippen molar-refractivity contribution >= 4 is 53.7 Å². The number of phosphoric ester groups is 1. The molecule has 210 valence electrons. The monoisotopic (exact) mass is 626 g/mol. The fraction of sp³-hybridized carbons (Fsp3) is 0.259. The van der Waals surface area contributed by atoms with Crippen LogP contribution < -0.4 is 85.3 Å². The van der Waals surface area contributed by atoms with Gasteiger partial charge in [0.1, 0.15) is 12.1 Å². The minimum atomic E-state index is -5.19. The first-order valence-corrected chi connectivity index (χ1v) is 14.6. The summed E-state index contributed by atoms with van der Waals surface area (Å²) in [5.41, 5.74) is 7.70. The number of fused-ring (bicyclic) bond motifs is 1. The van der Waals surface area contributed by atoms with Gasteiger partial charge in [0.15, 0.2) is 5.65 Å². The summed E-state index contributed by atoms with van der Waals surface area (Å²) in [6.07, 6.45) is 1.43. The Bertz CT molecular complexity index is 1590. The van der Waals surface area contributed by atoms with Crippen LogP contribution in [0.3, 0.4) is 0 Å². The van der Waals surface area contributed by atoms with Gasteiger partial charge in [-0.05, 0) is 74.4 Å². The predicted molar refractivity (Wildman–Crippen MR) is 151 cm³/mol. The van der Waals surface area contributed by atoms with Crippen LogP contribution >= 0.6 is 19.6 Å². The van der Waals surface area contributed by atoms with Crippen molar-refractivity contribution in [2.45, 2.75) is 48.9 Å². The molecule has 4 rings (SSSR count). The van der Waals surface area contributed by atoms with Crippen molar-refractivity contribution in [3.63, 3.8) is 0 Å². The number of carbonyl (C=O) groups excluding carboxylic acids is 1. The molecule has 0 saturated heterocycles. The summed E-state index contributed by atoms with van der Waals surface area (Å²) in [7, 11) is -5.19. The number of carbonyl (C=O) groups is 1. The Morgan fingerprint density at radius 2 is 1.76 bits per heavy atom. The van der Waals surface area contributed by atoms with Gasteiger partial charge in [-0.2, -0.15) is 0 Å². The van der Waals surface area contributed by atoms with E-state index >= 15 is 0 Å². The molecule has 0 fully saturated rings. The molecule has 11 nitrogen and oxygen atoms in total. The minimum absolute atomic E-state index is 0. The van der Waals surface area contributed by atoms with Gasteiger partial charge in [0, 0.05) is 26.7 Å². The molecule has 0 aliphatic carbocycles. The second-order valence-electron chi connectivity index (χ2n) is 10.0. The van der Waals surface area contributed by atoms with Crippen LogP contribution in [0.4, 0.5) is 17.2 Å². The summed E-state index contributed by atoms with van der Waals surface area (Å²) in [4.78, 5) is 50.1. The summed E-state index contributed by atoms with van der Waals surface area (Å²) in [5, 5.41) is 6.76. The Balaban J connectivity index is 0.00000308. The first kappa shape index (κ1) is 36.7. The van der Waals surface area contributed by atoms with Gasteiger partial charge in [-0.25, -0.2) is 15.0 Å². The van der Waals surface area contributed by atoms with Gasteiger partial charge in [0.05, 0.1) is 31.0 Å². The van der Waals surface area contributed by atoms with E-state index in [1.54, 1.807) is 44.2 Å². The molecule has 0 bridgehead atoms. The van der Waals surface area contributed by atoms with E-state index in [2.05, 4.69) is 44.0 Å². The van der Waals surface area contributed by atoms with Crippen molar-refractivity contribution in [3.8, 4) is 0 Å². The topological polar surface area (TPSA) is 178 Å². The maximum absolute atomic E-state index is 13.1. The van der Waals surface area contributed by atoms with Crippen LogP contribution in [0.25, 0.3) is 11.0 Å². The number of aromatic nitrogens is 3. The van der Waals surface area contributed by atoms with E-state index in [-0.39, 0.29) is 65.0 Å². The zero-order valence-electron chi connectivity index (χ0n) is 24.4. The van der Waals surface area contributed by atoms with Crippen LogP contribution in [0.15, 0.2) is 70.7 Å². The van der Waals surface area contributed by atoms with E-state index in [4.69, 9.17) is 5.73 Å². The summed E-state index contributed by atoms with van der Waals surface area (Å²) in [5.74, 6) is 0.265. The van der Waals surface area contributed by atoms with Gasteiger partial charge in [-0.15, -0.1) is 0 Å². The smallest absolute Gasteiger partial charge is 0.790 e. The van der Waals surface area contributed by atoms with Crippen LogP contribution in [-0.4, -0.2) is 33.0 Å². The van der Waals surface area contributed by atoms with Crippen molar-refractivity contribution < 1.29 is 82.8 Å². The molecule has 0 saturated carbocycles. The average molecular weight is 627 g/mol. The van der Waals surface area contributed by atoms with Crippen molar-refractivity contribution in [3.05, 3.63) is 72.2 Å². The van der Waals surface area contributed by atoms with Crippen molar-refractivity contribution in [2.24, 2.45) is 0 Å². The molecule has 2 aromatic heterocycles. The molecule has 4 aromatic rings. The SMILES string of the molecule is CC(C)c1ccc2c(Nc3cc(C(=O)NC(C)(C)COP(=O)([O-])[O-])ccc3Sc3ccc(N)cc3)ncnc2n1.[Na+].[Na+]. The molecule has 4 N–H and O–H groups in total. The Labute approximate surface area is 293 Å². The van der Waals surface area contributed by atoms with E-state index < -0.39 is 25.9 Å². The van der Waals surface area contributed by atoms with Gasteiger partial charge in [-0.3, -0.25) is 4.79 Å². The van der Waals surface area contributed by atoms with Gasteiger partial charge in [0.25, 0.3) is 5.91 Å². The maximum atomic E-state index is 13.1. The number of nitrogens with one attached hydrogen (secondary N) is 2. The largest absolute Gasteiger partial charge is 1.00 e. The average Bonchev–Trinajstić information content (AvgIpc) is 2.89. The Kier molecular flexibility index (Phi) is 13.5. The van der Waals surface area contributed by atoms with E-state index in [1.807, 2.05) is 24.3 Å². The van der Waals surface area contributed by atoms with Gasteiger partial charge < -0.3 is 35.2 Å². The number of hydrogen-bond acceptors (Lipinski definition) is 11. The van der Waals surface area contributed by atoms with E-state index in [9.17, 15) is 19.1 Å². The Morgan fingerprint density at radius 1 is 1.07 bits per heavy atom. The van der Waals surface area contributed by atoms with Crippen LogP contribution in [0.5, 0.6) is 0 Å². The fourth-order valence-electron chi connectivity index (χ4n) is 3.68. The molecule has 2 heterocycles. The first-order valence-electron chi connectivity index (χ1n) is 12.3. The van der Waals surface area contributed by atoms with E-state index in [1.165, 1.54) is 18.1 Å². The number of nitrogens with zero attached hydrogens (tertiary/aromatic N) is 3. The molecule has 0 radical (unpaired) electrons. The van der Waals surface area contributed by atoms with Crippen molar-refractivity contribution in [2.75, 3.05) is 17.7 Å².